The van der Waals surface area contributed by atoms with Gasteiger partial charge in [0.05, 0.1) is 110 Å². The number of ketones is 2. The summed E-state index contributed by atoms with van der Waals surface area (Å²) in [6, 6.07) is 9.06. The number of rotatable bonds is 44. The molecule has 0 fully saturated rings. The van der Waals surface area contributed by atoms with Crippen molar-refractivity contribution < 1.29 is 85.1 Å². The molecule has 0 radical (unpaired) electrons. The Labute approximate surface area is 818 Å². The van der Waals surface area contributed by atoms with Crippen molar-refractivity contribution in [1.82, 2.24) is 73.4 Å². The number of aliphatic carboxylic acids is 1. The van der Waals surface area contributed by atoms with Crippen LogP contribution in [0.5, 0.6) is 0 Å². The molecule has 34 nitrogen and oxygen atoms in total. The average molecular weight is 1980 g/mol. The quantitative estimate of drug-likeness (QED) is 0.00894. The number of aromatic nitrogens is 9. The Hall–Kier alpha value is -12.9. The van der Waals surface area contributed by atoms with Crippen LogP contribution in [0.3, 0.4) is 0 Å². The summed E-state index contributed by atoms with van der Waals surface area (Å²) >= 11 is 0. The highest BCUT2D eigenvalue weighted by Gasteiger charge is 2.30. The summed E-state index contributed by atoms with van der Waals surface area (Å²) in [6.45, 7) is 34.1. The predicted molar refractivity (Wildman–Crippen MR) is 542 cm³/mol. The van der Waals surface area contributed by atoms with Crippen molar-refractivity contribution in [3.63, 3.8) is 0 Å². The van der Waals surface area contributed by atoms with Gasteiger partial charge in [0.1, 0.15) is 37.0 Å². The van der Waals surface area contributed by atoms with E-state index in [-0.39, 0.29) is 157 Å². The second-order valence-corrected chi connectivity index (χ2v) is 50.0. The number of ether oxygens (including phenoxy) is 5. The Morgan fingerprint density at radius 2 is 0.821 bits per heavy atom. The van der Waals surface area contributed by atoms with E-state index in [2.05, 4.69) is 98.5 Å². The Kier molecular flexibility index (Phi) is 45.2. The fraction of sp³-hybridized carbons (Fsp3) is 0.495. The molecule has 0 unspecified atom stereocenters. The summed E-state index contributed by atoms with van der Waals surface area (Å²) in [4.78, 5) is 168. The van der Waals surface area contributed by atoms with Crippen LogP contribution in [-0.2, 0) is 118 Å². The van der Waals surface area contributed by atoms with Crippen LogP contribution in [0.4, 0.5) is 33.2 Å². The number of carboxylic acid groups (broad SMARTS) is 1. The van der Waals surface area contributed by atoms with Gasteiger partial charge in [0.25, 0.3) is 16.7 Å². The lowest BCUT2D eigenvalue weighted by molar-refractivity contribution is -0.139. The molecular formula is C101H143F3N16O18Si2. The molecule has 9 aromatic rings. The van der Waals surface area contributed by atoms with Crippen LogP contribution in [0.1, 0.15) is 142 Å². The Morgan fingerprint density at radius 1 is 0.486 bits per heavy atom. The van der Waals surface area contributed by atoms with Gasteiger partial charge in [-0.2, -0.15) is 0 Å². The number of carbonyl (C=O) groups excluding carboxylic acids is 8. The zero-order chi connectivity index (χ0) is 104. The number of H-pyrrole nitrogens is 1. The molecule has 0 spiro atoms. The fourth-order valence-corrected chi connectivity index (χ4v) is 16.5. The topological polar surface area (TPSA) is 422 Å². The maximum absolute atomic E-state index is 15.3. The predicted octanol–water partition coefficient (Wildman–Crippen LogP) is 14.2. The molecule has 0 bridgehead atoms. The molecule has 0 saturated carbocycles. The first-order valence-electron chi connectivity index (χ1n) is 46.7. The molecule has 9 aromatic heterocycles. The highest BCUT2D eigenvalue weighted by Crippen LogP contribution is 2.34. The van der Waals surface area contributed by atoms with E-state index in [1.54, 1.807) is 120 Å². The lowest BCUT2D eigenvalue weighted by atomic mass is 10.0. The number of likely N-dealkylation sites (N-methyl/N-ethyl adjacent to an activating group) is 3. The molecule has 140 heavy (non-hydrogen) atoms. The van der Waals surface area contributed by atoms with E-state index in [0.717, 1.165) is 64.0 Å². The third kappa shape index (κ3) is 34.9. The minimum Gasteiger partial charge on any atom is -0.480 e. The number of fused-ring (bicyclic) bond motifs is 3. The number of aryl methyl sites for hydroxylation is 3. The average Bonchev–Trinajstić information content (AvgIpc) is 1.60. The van der Waals surface area contributed by atoms with Crippen LogP contribution in [0, 0.1) is 56.0 Å². The number of hydrogen-bond acceptors (Lipinski definition) is 21. The van der Waals surface area contributed by atoms with Crippen molar-refractivity contribution in [3.05, 3.63) is 220 Å². The number of carbonyl (C=O) groups is 9. The maximum Gasteiger partial charge on any atom is 0.407 e. The Bertz CT molecular complexity index is 6090. The van der Waals surface area contributed by atoms with Crippen LogP contribution < -0.4 is 38.4 Å². The first-order chi connectivity index (χ1) is 65.8. The smallest absolute Gasteiger partial charge is 0.407 e. The summed E-state index contributed by atoms with van der Waals surface area (Å²) in [5.41, 5.74) is 16.5. The van der Waals surface area contributed by atoms with Gasteiger partial charge in [-0.15, -0.1) is 0 Å². The van der Waals surface area contributed by atoms with E-state index in [1.807, 2.05) is 57.6 Å². The maximum atomic E-state index is 15.3. The first-order valence-corrected chi connectivity index (χ1v) is 54.1. The number of allylic oxidation sites excluding steroid dienone is 3. The van der Waals surface area contributed by atoms with Crippen molar-refractivity contribution in [2.75, 3.05) is 82.6 Å². The molecule has 9 rings (SSSR count). The fourth-order valence-electron chi connectivity index (χ4n) is 14.9. The van der Waals surface area contributed by atoms with Crippen molar-refractivity contribution in [3.8, 4) is 0 Å². The van der Waals surface area contributed by atoms with Gasteiger partial charge >= 0.3 is 24.2 Å². The number of anilines is 1. The van der Waals surface area contributed by atoms with E-state index in [4.69, 9.17) is 25.1 Å². The van der Waals surface area contributed by atoms with Gasteiger partial charge in [-0.1, -0.05) is 111 Å². The Balaban J connectivity index is 0.000000300. The van der Waals surface area contributed by atoms with Crippen molar-refractivity contribution in [1.29, 1.82) is 0 Å². The van der Waals surface area contributed by atoms with E-state index in [1.165, 1.54) is 74.9 Å². The number of pyridine rings is 6. The van der Waals surface area contributed by atoms with Gasteiger partial charge in [0.15, 0.2) is 11.6 Å². The summed E-state index contributed by atoms with van der Waals surface area (Å²) in [5, 5.41) is 16.1. The number of nitrogens with zero attached hydrogens (tertiary/aromatic N) is 11. The highest BCUT2D eigenvalue weighted by atomic mass is 28.3. The van der Waals surface area contributed by atoms with Crippen molar-refractivity contribution in [2.45, 2.75) is 236 Å². The van der Waals surface area contributed by atoms with E-state index >= 15 is 4.39 Å². The van der Waals surface area contributed by atoms with Gasteiger partial charge in [0.2, 0.25) is 17.7 Å². The van der Waals surface area contributed by atoms with Gasteiger partial charge < -0.3 is 93.0 Å². The Morgan fingerprint density at radius 3 is 1.18 bits per heavy atom. The number of halogens is 3. The van der Waals surface area contributed by atoms with Gasteiger partial charge in [-0.25, -0.2) is 32.3 Å². The number of methoxy groups -OCH3 is 3. The minimum atomic E-state index is -1.35. The molecule has 39 heteroatoms. The number of nitrogen functional groups attached to an aromatic ring is 1. The number of nitrogens with one attached hydrogen (secondary N) is 4. The zero-order valence-electron chi connectivity index (χ0n) is 85.5. The molecule has 9 heterocycles. The first kappa shape index (κ1) is 116. The summed E-state index contributed by atoms with van der Waals surface area (Å²) < 4.78 is 79.3. The van der Waals surface area contributed by atoms with Crippen LogP contribution >= 0.6 is 0 Å². The van der Waals surface area contributed by atoms with Gasteiger partial charge in [0, 0.05) is 148 Å². The SMILES string of the molecule is COC(=O)N[C@@H](CC/C=C/C(=O)N(C)C)C(=O)Cc1cccn(Cc2[nH]c3c(CC(C)C)c(F)cnc3c2C)c1=O.COC(=O)N[C@@H](CC/C=C/C(=O)N(C)C)C(=O)Cc1cccn(Cc2c(C)c3ncc(F)c(CC(C)C)c3n2COCC[Si](C)(C)C)c1=O.COC(=O)N[C@@H](CC/C=C/C(=O)N(C)C)C(=O)O.Cc1c(Cn2cccc(N)c2=O)n(COCC[Si](C)(C)C)c2c(CC(C)C)c(F)cnc12. The molecule has 3 atom stereocenters. The second-order valence-electron chi connectivity index (χ2n) is 38.7. The standard InChI is InChI=1S/C36H52FN5O6Si.C30H38FN5O5.C24H35FN4O2Si.C11H18N2O5/c1-24(2)19-27-28(37)21-38-33-25(3)30(42(34(27)33)23-48-17-18-49(7,8)9)22-41-16-12-13-26(35(41)45)20-31(43)29(39-36(46)47-6)14-10-11-15-32(44)40(4)5;1-18(2)14-21-22(31)16-32-27-19(3)24(33-28(21)27)17-36-13-9-10-20(29(36)39)15-25(37)23(34-30(40)41-6)11-7-8-12-26(38)35(4)5;1-16(2)12-18-19(25)13-27-22-17(3)21(14-28-9-7-8-20(26)24(28)30)29(23(18)22)15-31-10-11-32(4,5)6;1-13(2)9(14)7-5-4-6-8(10(15)16)12-11(17)18-3/h11-13,15-16,21,24,29H,10,14,17-20,22-23H2,1-9H3,(H,39,46);8-10,12-13,16,18,23,33H,7,11,14-15,17H2,1-6H3,(H,34,40);7-9,13,16H,10-12,14-15,26H2,1-6H3;5,7-8H,4,6H2,1-3H3,(H,12,17)(H,15,16)/b15-11+;12-8+;;7-5+/t29-;23-;;8-/m00.0/s1. The highest BCUT2D eigenvalue weighted by molar-refractivity contribution is 6.76. The molecule has 0 saturated heterocycles. The van der Waals surface area contributed by atoms with Crippen molar-refractivity contribution in [2.24, 2.45) is 17.8 Å². The lowest BCUT2D eigenvalue weighted by Crippen LogP contribution is -2.42. The monoisotopic (exact) mass is 1980 g/mol. The third-order valence-electron chi connectivity index (χ3n) is 22.9. The normalized spacial score (nSPS) is 12.3. The van der Waals surface area contributed by atoms with Crippen LogP contribution in [0.2, 0.25) is 51.4 Å². The van der Waals surface area contributed by atoms with Crippen LogP contribution in [0.25, 0.3) is 33.1 Å². The zero-order valence-corrected chi connectivity index (χ0v) is 87.5. The van der Waals surface area contributed by atoms with Gasteiger partial charge in [-0.05, 0) is 168 Å². The number of aromatic amines is 1. The number of amides is 6. The van der Waals surface area contributed by atoms with E-state index in [0.29, 0.717) is 97.0 Å². The molecule has 7 N–H and O–H groups in total. The van der Waals surface area contributed by atoms with Crippen LogP contribution in [-0.4, -0.2) is 227 Å². The summed E-state index contributed by atoms with van der Waals surface area (Å²) in [5.74, 6) is -2.77. The third-order valence-corrected chi connectivity index (χ3v) is 26.3. The van der Waals surface area contributed by atoms with E-state index in [9.17, 15) is 66.3 Å². The van der Waals surface area contributed by atoms with Crippen LogP contribution in [0.15, 0.2) is 124 Å². The number of carboxylic acids is 1. The van der Waals surface area contributed by atoms with E-state index < -0.39 is 58.5 Å². The number of nitrogens with two attached hydrogens (primary N) is 1. The molecule has 6 amide bonds. The molecule has 764 valence electrons. The number of Topliss-reactive ketones (excluding diaryl/α,β-unsaturated/α-hetero) is 2. The molecule has 0 aliphatic carbocycles. The van der Waals surface area contributed by atoms with Crippen molar-refractivity contribution >= 4 is 108 Å². The summed E-state index contributed by atoms with van der Waals surface area (Å²) in [7, 11) is 10.7. The number of alkyl carbamates (subject to hydrolysis) is 3. The second kappa shape index (κ2) is 54.6. The molecule has 0 aromatic carbocycles. The minimum absolute atomic E-state index is 0.151. The van der Waals surface area contributed by atoms with Gasteiger partial charge in [-0.3, -0.25) is 53.3 Å². The molecular weight excluding hydrogens is 1840 g/mol. The molecule has 0 aliphatic rings. The summed E-state index contributed by atoms with van der Waals surface area (Å²) in [6.07, 6.45) is 18.4. The lowest BCUT2D eigenvalue weighted by Gasteiger charge is -2.19. The number of hydrogen-bond donors (Lipinski definition) is 6. The largest absolute Gasteiger partial charge is 0.480 e. The molecule has 0 aliphatic heterocycles.